The zero-order valence-corrected chi connectivity index (χ0v) is 11.5. The molecule has 2 rings (SSSR count). The molecule has 0 bridgehead atoms. The SMILES string of the molecule is CC(C)Oc1ccccc1CNCCn1ccnc1. The van der Waals surface area contributed by atoms with E-state index in [1.54, 1.807) is 6.20 Å². The molecule has 0 aliphatic rings. The van der Waals surface area contributed by atoms with E-state index in [-0.39, 0.29) is 6.10 Å². The lowest BCUT2D eigenvalue weighted by Gasteiger charge is -2.14. The molecule has 1 N–H and O–H groups in total. The van der Waals surface area contributed by atoms with Crippen molar-refractivity contribution in [1.82, 2.24) is 14.9 Å². The highest BCUT2D eigenvalue weighted by atomic mass is 16.5. The lowest BCUT2D eigenvalue weighted by molar-refractivity contribution is 0.239. The van der Waals surface area contributed by atoms with Gasteiger partial charge in [-0.1, -0.05) is 18.2 Å². The fraction of sp³-hybridized carbons (Fsp3) is 0.400. The van der Waals surface area contributed by atoms with Gasteiger partial charge in [-0.15, -0.1) is 0 Å². The lowest BCUT2D eigenvalue weighted by Crippen LogP contribution is -2.19. The van der Waals surface area contributed by atoms with E-state index in [0.29, 0.717) is 0 Å². The molecule has 0 unspecified atom stereocenters. The van der Waals surface area contributed by atoms with E-state index in [1.807, 2.05) is 44.6 Å². The molecule has 0 atom stereocenters. The van der Waals surface area contributed by atoms with Crippen LogP contribution < -0.4 is 10.1 Å². The Labute approximate surface area is 114 Å². The summed E-state index contributed by atoms with van der Waals surface area (Å²) in [7, 11) is 0. The van der Waals surface area contributed by atoms with Gasteiger partial charge in [0, 0.05) is 37.6 Å². The Morgan fingerprint density at radius 2 is 2.16 bits per heavy atom. The van der Waals surface area contributed by atoms with Crippen molar-refractivity contribution >= 4 is 0 Å². The van der Waals surface area contributed by atoms with Gasteiger partial charge in [0.25, 0.3) is 0 Å². The minimum atomic E-state index is 0.201. The van der Waals surface area contributed by atoms with E-state index in [1.165, 1.54) is 5.56 Å². The summed E-state index contributed by atoms with van der Waals surface area (Å²) in [6, 6.07) is 8.17. The van der Waals surface area contributed by atoms with Gasteiger partial charge < -0.3 is 14.6 Å². The smallest absolute Gasteiger partial charge is 0.124 e. The summed E-state index contributed by atoms with van der Waals surface area (Å²) in [5, 5.41) is 3.42. The third-order valence-electron chi connectivity index (χ3n) is 2.76. The average Bonchev–Trinajstić information content (AvgIpc) is 2.89. The van der Waals surface area contributed by atoms with Crippen molar-refractivity contribution in [2.24, 2.45) is 0 Å². The van der Waals surface area contributed by atoms with Crippen LogP contribution in [0.25, 0.3) is 0 Å². The Balaban J connectivity index is 1.82. The Bertz CT molecular complexity index is 480. The third-order valence-corrected chi connectivity index (χ3v) is 2.76. The molecule has 0 saturated heterocycles. The van der Waals surface area contributed by atoms with Crippen LogP contribution in [0.3, 0.4) is 0 Å². The second-order valence-electron chi connectivity index (χ2n) is 4.75. The molecule has 0 amide bonds. The fourth-order valence-corrected chi connectivity index (χ4v) is 1.87. The Kier molecular flexibility index (Phi) is 4.98. The van der Waals surface area contributed by atoms with Crippen molar-refractivity contribution in [3.8, 4) is 5.75 Å². The molecular formula is C15H21N3O. The number of hydrogen-bond donors (Lipinski definition) is 1. The molecule has 0 spiro atoms. The van der Waals surface area contributed by atoms with Crippen LogP contribution in [0.2, 0.25) is 0 Å². The molecular weight excluding hydrogens is 238 g/mol. The highest BCUT2D eigenvalue weighted by Crippen LogP contribution is 2.18. The monoisotopic (exact) mass is 259 g/mol. The van der Waals surface area contributed by atoms with Gasteiger partial charge in [-0.2, -0.15) is 0 Å². The number of hydrogen-bond acceptors (Lipinski definition) is 3. The predicted octanol–water partition coefficient (Wildman–Crippen LogP) is 2.46. The van der Waals surface area contributed by atoms with Crippen molar-refractivity contribution in [3.05, 3.63) is 48.5 Å². The van der Waals surface area contributed by atoms with E-state index in [0.717, 1.165) is 25.4 Å². The maximum absolute atomic E-state index is 5.79. The second kappa shape index (κ2) is 6.95. The van der Waals surface area contributed by atoms with Crippen LogP contribution in [0.4, 0.5) is 0 Å². The Morgan fingerprint density at radius 1 is 1.32 bits per heavy atom. The molecule has 4 nitrogen and oxygen atoms in total. The van der Waals surface area contributed by atoms with Gasteiger partial charge in [0.2, 0.25) is 0 Å². The largest absolute Gasteiger partial charge is 0.491 e. The van der Waals surface area contributed by atoms with Gasteiger partial charge in [-0.05, 0) is 19.9 Å². The summed E-state index contributed by atoms with van der Waals surface area (Å²) < 4.78 is 7.85. The first kappa shape index (κ1) is 13.6. The average molecular weight is 259 g/mol. The van der Waals surface area contributed by atoms with Crippen LogP contribution >= 0.6 is 0 Å². The van der Waals surface area contributed by atoms with Crippen molar-refractivity contribution in [2.45, 2.75) is 33.0 Å². The van der Waals surface area contributed by atoms with Crippen LogP contribution in [0.1, 0.15) is 19.4 Å². The van der Waals surface area contributed by atoms with Crippen molar-refractivity contribution in [3.63, 3.8) is 0 Å². The van der Waals surface area contributed by atoms with Crippen LogP contribution in [0, 0.1) is 0 Å². The van der Waals surface area contributed by atoms with Gasteiger partial charge in [-0.25, -0.2) is 4.98 Å². The minimum absolute atomic E-state index is 0.201. The number of nitrogens with one attached hydrogen (secondary N) is 1. The summed E-state index contributed by atoms with van der Waals surface area (Å²) in [6.45, 7) is 6.74. The molecule has 4 heteroatoms. The molecule has 19 heavy (non-hydrogen) atoms. The molecule has 0 saturated carbocycles. The van der Waals surface area contributed by atoms with Gasteiger partial charge in [0.1, 0.15) is 5.75 Å². The molecule has 0 aliphatic carbocycles. The first-order chi connectivity index (χ1) is 9.25. The molecule has 1 aromatic heterocycles. The van der Waals surface area contributed by atoms with Gasteiger partial charge >= 0.3 is 0 Å². The summed E-state index contributed by atoms with van der Waals surface area (Å²) in [5.74, 6) is 0.965. The summed E-state index contributed by atoms with van der Waals surface area (Å²) in [5.41, 5.74) is 1.20. The molecule has 1 heterocycles. The van der Waals surface area contributed by atoms with Crippen LogP contribution in [0.15, 0.2) is 43.0 Å². The van der Waals surface area contributed by atoms with Crippen molar-refractivity contribution < 1.29 is 4.74 Å². The zero-order valence-electron chi connectivity index (χ0n) is 11.5. The van der Waals surface area contributed by atoms with E-state index in [2.05, 4.69) is 20.9 Å². The number of para-hydroxylation sites is 1. The van der Waals surface area contributed by atoms with E-state index in [9.17, 15) is 0 Å². The fourth-order valence-electron chi connectivity index (χ4n) is 1.87. The zero-order chi connectivity index (χ0) is 13.5. The molecule has 0 fully saturated rings. The molecule has 0 aliphatic heterocycles. The summed E-state index contributed by atoms with van der Waals surface area (Å²) >= 11 is 0. The summed E-state index contributed by atoms with van der Waals surface area (Å²) in [6.07, 6.45) is 5.80. The molecule has 0 radical (unpaired) electrons. The predicted molar refractivity (Wildman–Crippen MR) is 76.1 cm³/mol. The normalized spacial score (nSPS) is 10.9. The van der Waals surface area contributed by atoms with Crippen LogP contribution in [-0.4, -0.2) is 22.2 Å². The van der Waals surface area contributed by atoms with E-state index < -0.39 is 0 Å². The molecule has 102 valence electrons. The highest BCUT2D eigenvalue weighted by molar-refractivity contribution is 5.33. The quantitative estimate of drug-likeness (QED) is 0.776. The van der Waals surface area contributed by atoms with Crippen LogP contribution in [0.5, 0.6) is 5.75 Å². The third kappa shape index (κ3) is 4.41. The molecule has 1 aromatic carbocycles. The van der Waals surface area contributed by atoms with Gasteiger partial charge in [-0.3, -0.25) is 0 Å². The maximum Gasteiger partial charge on any atom is 0.124 e. The topological polar surface area (TPSA) is 39.1 Å². The number of ether oxygens (including phenoxy) is 1. The lowest BCUT2D eigenvalue weighted by atomic mass is 10.2. The number of aromatic nitrogens is 2. The van der Waals surface area contributed by atoms with Gasteiger partial charge in [0.05, 0.1) is 12.4 Å². The Morgan fingerprint density at radius 3 is 2.89 bits per heavy atom. The Hall–Kier alpha value is -1.81. The first-order valence-corrected chi connectivity index (χ1v) is 6.66. The first-order valence-electron chi connectivity index (χ1n) is 6.66. The van der Waals surface area contributed by atoms with Crippen molar-refractivity contribution in [2.75, 3.05) is 6.54 Å². The van der Waals surface area contributed by atoms with Crippen LogP contribution in [-0.2, 0) is 13.1 Å². The standard InChI is InChI=1S/C15H21N3O/c1-13(2)19-15-6-4-3-5-14(15)11-16-7-9-18-10-8-17-12-18/h3-6,8,10,12-13,16H,7,9,11H2,1-2H3. The van der Waals surface area contributed by atoms with E-state index in [4.69, 9.17) is 4.74 Å². The van der Waals surface area contributed by atoms with Crippen molar-refractivity contribution in [1.29, 1.82) is 0 Å². The number of rotatable bonds is 7. The summed E-state index contributed by atoms with van der Waals surface area (Å²) in [4.78, 5) is 4.02. The molecule has 2 aromatic rings. The van der Waals surface area contributed by atoms with E-state index >= 15 is 0 Å². The van der Waals surface area contributed by atoms with Gasteiger partial charge in [0.15, 0.2) is 0 Å². The number of nitrogens with zero attached hydrogens (tertiary/aromatic N) is 2. The second-order valence-corrected chi connectivity index (χ2v) is 4.75. The highest BCUT2D eigenvalue weighted by Gasteiger charge is 2.04. The number of imidazole rings is 1. The minimum Gasteiger partial charge on any atom is -0.491 e. The number of benzene rings is 1. The maximum atomic E-state index is 5.79.